The first-order valence-corrected chi connectivity index (χ1v) is 4.95. The molecule has 1 aromatic heterocycles. The van der Waals surface area contributed by atoms with Gasteiger partial charge in [-0.15, -0.1) is 12.4 Å². The largest absolute Gasteiger partial charge is 0.351 e. The SMILES string of the molecule is Cl.N[C@H]1CCN(C(=O)c2cc([N+](=O)[O-])c[nH]2)C1. The normalized spacial score (nSPS) is 18.9. The van der Waals surface area contributed by atoms with Gasteiger partial charge in [-0.2, -0.15) is 0 Å². The third kappa shape index (κ3) is 2.75. The Labute approximate surface area is 104 Å². The number of hydrogen-bond donors (Lipinski definition) is 2. The average Bonchev–Trinajstić information content (AvgIpc) is 2.84. The second-order valence-electron chi connectivity index (χ2n) is 3.83. The van der Waals surface area contributed by atoms with Crippen LogP contribution in [-0.4, -0.2) is 39.8 Å². The van der Waals surface area contributed by atoms with Crippen LogP contribution < -0.4 is 5.73 Å². The molecule has 1 atom stereocenters. The number of nitrogens with zero attached hydrogens (tertiary/aromatic N) is 2. The maximum Gasteiger partial charge on any atom is 0.287 e. The predicted molar refractivity (Wildman–Crippen MR) is 63.2 cm³/mol. The van der Waals surface area contributed by atoms with Crippen molar-refractivity contribution in [2.24, 2.45) is 5.73 Å². The number of aromatic amines is 1. The lowest BCUT2D eigenvalue weighted by Crippen LogP contribution is -2.32. The van der Waals surface area contributed by atoms with Crippen LogP contribution in [-0.2, 0) is 0 Å². The van der Waals surface area contributed by atoms with Crippen LogP contribution in [0, 0.1) is 10.1 Å². The molecule has 2 rings (SSSR count). The first-order valence-electron chi connectivity index (χ1n) is 4.95. The second kappa shape index (κ2) is 5.15. The van der Waals surface area contributed by atoms with E-state index in [-0.39, 0.29) is 35.7 Å². The monoisotopic (exact) mass is 260 g/mol. The Morgan fingerprint density at radius 2 is 2.35 bits per heavy atom. The molecule has 3 N–H and O–H groups in total. The van der Waals surface area contributed by atoms with Crippen LogP contribution >= 0.6 is 12.4 Å². The Hall–Kier alpha value is -1.60. The second-order valence-corrected chi connectivity index (χ2v) is 3.83. The van der Waals surface area contributed by atoms with Crippen molar-refractivity contribution >= 4 is 24.0 Å². The number of halogens is 1. The summed E-state index contributed by atoms with van der Waals surface area (Å²) in [4.78, 5) is 26.0. The summed E-state index contributed by atoms with van der Waals surface area (Å²) in [6.07, 6.45) is 1.98. The Balaban J connectivity index is 0.00000144. The number of nitro groups is 1. The summed E-state index contributed by atoms with van der Waals surface area (Å²) in [6.45, 7) is 1.11. The molecule has 0 bridgehead atoms. The Bertz CT molecular complexity index is 434. The first-order chi connectivity index (χ1) is 7.58. The van der Waals surface area contributed by atoms with Crippen LogP contribution in [0.5, 0.6) is 0 Å². The quantitative estimate of drug-likeness (QED) is 0.597. The minimum absolute atomic E-state index is 0. The van der Waals surface area contributed by atoms with Crippen molar-refractivity contribution in [2.45, 2.75) is 12.5 Å². The minimum Gasteiger partial charge on any atom is -0.351 e. The summed E-state index contributed by atoms with van der Waals surface area (Å²) in [5.41, 5.74) is 5.81. The van der Waals surface area contributed by atoms with Gasteiger partial charge >= 0.3 is 0 Å². The van der Waals surface area contributed by atoms with E-state index in [9.17, 15) is 14.9 Å². The van der Waals surface area contributed by atoms with E-state index in [1.807, 2.05) is 0 Å². The number of aromatic nitrogens is 1. The number of carbonyl (C=O) groups is 1. The highest BCUT2D eigenvalue weighted by Crippen LogP contribution is 2.16. The van der Waals surface area contributed by atoms with E-state index in [4.69, 9.17) is 5.73 Å². The van der Waals surface area contributed by atoms with Crippen LogP contribution in [0.2, 0.25) is 0 Å². The van der Waals surface area contributed by atoms with Crippen molar-refractivity contribution < 1.29 is 9.72 Å². The summed E-state index contributed by atoms with van der Waals surface area (Å²) >= 11 is 0. The van der Waals surface area contributed by atoms with Gasteiger partial charge in [0.05, 0.1) is 11.1 Å². The van der Waals surface area contributed by atoms with Gasteiger partial charge in [0, 0.05) is 25.2 Å². The third-order valence-electron chi connectivity index (χ3n) is 2.62. The number of carbonyl (C=O) groups excluding carboxylic acids is 1. The first kappa shape index (κ1) is 13.5. The van der Waals surface area contributed by atoms with E-state index in [1.165, 1.54) is 12.3 Å². The van der Waals surface area contributed by atoms with E-state index in [0.29, 0.717) is 13.1 Å². The highest BCUT2D eigenvalue weighted by atomic mass is 35.5. The molecule has 17 heavy (non-hydrogen) atoms. The maximum atomic E-state index is 11.8. The van der Waals surface area contributed by atoms with Gasteiger partial charge in [-0.25, -0.2) is 0 Å². The van der Waals surface area contributed by atoms with Crippen molar-refractivity contribution in [1.82, 2.24) is 9.88 Å². The molecule has 0 spiro atoms. The summed E-state index contributed by atoms with van der Waals surface area (Å²) in [7, 11) is 0. The van der Waals surface area contributed by atoms with Crippen LogP contribution in [0.15, 0.2) is 12.3 Å². The smallest absolute Gasteiger partial charge is 0.287 e. The van der Waals surface area contributed by atoms with Gasteiger partial charge in [-0.1, -0.05) is 0 Å². The van der Waals surface area contributed by atoms with Gasteiger partial charge in [0.25, 0.3) is 11.6 Å². The summed E-state index contributed by atoms with van der Waals surface area (Å²) < 4.78 is 0. The lowest BCUT2D eigenvalue weighted by atomic mass is 10.3. The molecule has 1 saturated heterocycles. The standard InChI is InChI=1S/C9H12N4O3.ClH/c10-6-1-2-12(5-6)9(14)8-3-7(4-11-8)13(15)16;/h3-4,6,11H,1-2,5,10H2;1H/t6-;/m0./s1. The van der Waals surface area contributed by atoms with E-state index in [1.54, 1.807) is 4.90 Å². The zero-order valence-corrected chi connectivity index (χ0v) is 9.77. The molecule has 2 heterocycles. The van der Waals surface area contributed by atoms with Crippen molar-refractivity contribution in [3.05, 3.63) is 28.1 Å². The molecule has 1 fully saturated rings. The molecule has 1 aliphatic rings. The molecule has 8 heteroatoms. The van der Waals surface area contributed by atoms with Gasteiger partial charge in [-0.05, 0) is 6.42 Å². The Morgan fingerprint density at radius 1 is 1.65 bits per heavy atom. The maximum absolute atomic E-state index is 11.8. The fourth-order valence-electron chi connectivity index (χ4n) is 1.75. The highest BCUT2D eigenvalue weighted by Gasteiger charge is 2.26. The van der Waals surface area contributed by atoms with E-state index in [2.05, 4.69) is 4.98 Å². The van der Waals surface area contributed by atoms with Crippen LogP contribution in [0.4, 0.5) is 5.69 Å². The van der Waals surface area contributed by atoms with Gasteiger partial charge < -0.3 is 15.6 Å². The van der Waals surface area contributed by atoms with Crippen molar-refractivity contribution in [3.63, 3.8) is 0 Å². The van der Waals surface area contributed by atoms with Gasteiger partial charge in [0.15, 0.2) is 0 Å². The lowest BCUT2D eigenvalue weighted by molar-refractivity contribution is -0.384. The topological polar surface area (TPSA) is 105 Å². The Kier molecular flexibility index (Phi) is 4.08. The van der Waals surface area contributed by atoms with Crippen LogP contribution in [0.3, 0.4) is 0 Å². The third-order valence-corrected chi connectivity index (χ3v) is 2.62. The van der Waals surface area contributed by atoms with E-state index in [0.717, 1.165) is 6.42 Å². The fraction of sp³-hybridized carbons (Fsp3) is 0.444. The van der Waals surface area contributed by atoms with Crippen LogP contribution in [0.1, 0.15) is 16.9 Å². The molecular formula is C9H13ClN4O3. The number of nitrogens with one attached hydrogen (secondary N) is 1. The van der Waals surface area contributed by atoms with Crippen molar-refractivity contribution in [2.75, 3.05) is 13.1 Å². The lowest BCUT2D eigenvalue weighted by Gasteiger charge is -2.13. The molecule has 0 saturated carbocycles. The van der Waals surface area contributed by atoms with Gasteiger partial charge in [-0.3, -0.25) is 14.9 Å². The average molecular weight is 261 g/mol. The molecule has 1 amide bonds. The molecule has 94 valence electrons. The Morgan fingerprint density at radius 3 is 2.82 bits per heavy atom. The van der Waals surface area contributed by atoms with Crippen molar-refractivity contribution in [3.8, 4) is 0 Å². The zero-order chi connectivity index (χ0) is 11.7. The molecule has 7 nitrogen and oxygen atoms in total. The summed E-state index contributed by atoms with van der Waals surface area (Å²) in [5, 5.41) is 10.5. The van der Waals surface area contributed by atoms with E-state index < -0.39 is 4.92 Å². The molecule has 1 aliphatic heterocycles. The summed E-state index contributed by atoms with van der Waals surface area (Å²) in [5.74, 6) is -0.235. The highest BCUT2D eigenvalue weighted by molar-refractivity contribution is 5.93. The van der Waals surface area contributed by atoms with Gasteiger partial charge in [0.2, 0.25) is 0 Å². The minimum atomic E-state index is -0.539. The summed E-state index contributed by atoms with van der Waals surface area (Å²) in [6, 6.07) is 1.25. The van der Waals surface area contributed by atoms with Crippen molar-refractivity contribution in [1.29, 1.82) is 0 Å². The number of amides is 1. The number of hydrogen-bond acceptors (Lipinski definition) is 4. The predicted octanol–water partition coefficient (Wildman–Crippen LogP) is 0.518. The molecule has 0 radical (unpaired) electrons. The number of rotatable bonds is 2. The molecule has 0 aliphatic carbocycles. The fourth-order valence-corrected chi connectivity index (χ4v) is 1.75. The van der Waals surface area contributed by atoms with Gasteiger partial charge in [0.1, 0.15) is 5.69 Å². The molecular weight excluding hydrogens is 248 g/mol. The molecule has 0 aromatic carbocycles. The molecule has 1 aromatic rings. The number of H-pyrrole nitrogens is 1. The zero-order valence-electron chi connectivity index (χ0n) is 8.96. The number of likely N-dealkylation sites (tertiary alicyclic amines) is 1. The molecule has 0 unspecified atom stereocenters. The van der Waals surface area contributed by atoms with E-state index >= 15 is 0 Å². The number of nitrogens with two attached hydrogens (primary N) is 1. The van der Waals surface area contributed by atoms with Crippen LogP contribution in [0.25, 0.3) is 0 Å².